The van der Waals surface area contributed by atoms with Gasteiger partial charge in [0.05, 0.1) is 11.4 Å². The highest BCUT2D eigenvalue weighted by Gasteiger charge is 2.43. The third-order valence-electron chi connectivity index (χ3n) is 3.46. The Hall–Kier alpha value is -2.60. The molecule has 0 aromatic heterocycles. The molecule has 2 aliphatic heterocycles. The predicted octanol–water partition coefficient (Wildman–Crippen LogP) is 2.00. The van der Waals surface area contributed by atoms with Gasteiger partial charge in [-0.2, -0.15) is 0 Å². The number of nitrogens with zero attached hydrogens (tertiary/aromatic N) is 1. The van der Waals surface area contributed by atoms with E-state index in [-0.39, 0.29) is 23.0 Å². The summed E-state index contributed by atoms with van der Waals surface area (Å²) in [6, 6.07) is 5.67. The Morgan fingerprint density at radius 2 is 1.16 bits per heavy atom. The zero-order valence-corrected chi connectivity index (χ0v) is 9.53. The van der Waals surface area contributed by atoms with Crippen LogP contribution in [0.4, 0.5) is 11.4 Å². The van der Waals surface area contributed by atoms with Crippen LogP contribution in [0.1, 0.15) is 17.2 Å². The molecule has 2 aliphatic rings. The average Bonchev–Trinajstić information content (AvgIpc) is 2.88. The van der Waals surface area contributed by atoms with Crippen molar-refractivity contribution in [2.75, 3.05) is 5.06 Å². The second-order valence-electron chi connectivity index (χ2n) is 4.58. The maximum absolute atomic E-state index is 9.54. The Morgan fingerprint density at radius 3 is 1.63 bits per heavy atom. The van der Waals surface area contributed by atoms with Gasteiger partial charge in [0.15, 0.2) is 23.0 Å². The monoisotopic (exact) mass is 259 g/mol. The van der Waals surface area contributed by atoms with E-state index < -0.39 is 6.10 Å². The summed E-state index contributed by atoms with van der Waals surface area (Å²) in [7, 11) is 0. The Bertz CT molecular complexity index is 608. The first-order valence-corrected chi connectivity index (χ1v) is 5.65. The number of phenols is 4. The first-order chi connectivity index (χ1) is 9.06. The first-order valence-electron chi connectivity index (χ1n) is 5.65. The Balaban J connectivity index is 1.96. The number of phenolic OH excluding ortho intramolecular Hbond substituents is 4. The number of hydrogen-bond acceptors (Lipinski definition) is 6. The van der Waals surface area contributed by atoms with E-state index in [2.05, 4.69) is 0 Å². The fourth-order valence-corrected chi connectivity index (χ4v) is 2.57. The van der Waals surface area contributed by atoms with Crippen molar-refractivity contribution >= 4 is 11.4 Å². The van der Waals surface area contributed by atoms with Crippen molar-refractivity contribution in [1.29, 1.82) is 0 Å². The third-order valence-corrected chi connectivity index (χ3v) is 3.46. The number of aromatic hydroxyl groups is 4. The second-order valence-corrected chi connectivity index (χ2v) is 4.58. The molecule has 0 amide bonds. The molecule has 0 atom stereocenters. The van der Waals surface area contributed by atoms with E-state index in [1.807, 2.05) is 0 Å². The molecule has 6 heteroatoms. The highest BCUT2D eigenvalue weighted by atomic mass is 16.7. The maximum atomic E-state index is 9.54. The molecule has 6 nitrogen and oxygen atoms in total. The molecule has 0 aliphatic carbocycles. The normalized spacial score (nSPS) is 15.7. The number of hydrogen-bond donors (Lipinski definition) is 4. The van der Waals surface area contributed by atoms with Crippen molar-refractivity contribution in [1.82, 2.24) is 0 Å². The summed E-state index contributed by atoms with van der Waals surface area (Å²) in [5, 5.41) is 39.6. The molecule has 0 unspecified atom stereocenters. The van der Waals surface area contributed by atoms with Crippen LogP contribution in [0.2, 0.25) is 0 Å². The van der Waals surface area contributed by atoms with Crippen LogP contribution in [0.15, 0.2) is 24.3 Å². The molecule has 4 rings (SSSR count). The molecular formula is C13H9NO5. The minimum Gasteiger partial charge on any atom is -0.504 e. The van der Waals surface area contributed by atoms with Crippen LogP contribution in [0, 0.1) is 0 Å². The molecule has 2 bridgehead atoms. The SMILES string of the molecule is Oc1cc2c(cc1O)N1OC2c2cc(O)c(O)cc21. The van der Waals surface area contributed by atoms with Gasteiger partial charge in [0, 0.05) is 23.3 Å². The Kier molecular flexibility index (Phi) is 1.65. The molecule has 0 saturated heterocycles. The van der Waals surface area contributed by atoms with Gasteiger partial charge in [-0.3, -0.25) is 4.84 Å². The topological polar surface area (TPSA) is 93.4 Å². The molecular weight excluding hydrogens is 250 g/mol. The van der Waals surface area contributed by atoms with Gasteiger partial charge in [-0.25, -0.2) is 5.06 Å². The van der Waals surface area contributed by atoms with Gasteiger partial charge in [0.25, 0.3) is 0 Å². The van der Waals surface area contributed by atoms with E-state index in [1.54, 1.807) is 0 Å². The van der Waals surface area contributed by atoms with Gasteiger partial charge in [0.1, 0.15) is 6.10 Å². The highest BCUT2D eigenvalue weighted by Crippen LogP contribution is 2.57. The second kappa shape index (κ2) is 3.04. The fraction of sp³-hybridized carbons (Fsp3) is 0.0769. The summed E-state index contributed by atoms with van der Waals surface area (Å²) in [5.41, 5.74) is 2.62. The third kappa shape index (κ3) is 1.13. The Labute approximate surface area is 107 Å². The van der Waals surface area contributed by atoms with Crippen LogP contribution < -0.4 is 5.06 Å². The van der Waals surface area contributed by atoms with Crippen LogP contribution in [0.5, 0.6) is 23.0 Å². The lowest BCUT2D eigenvalue weighted by atomic mass is 9.95. The predicted molar refractivity (Wildman–Crippen MR) is 64.6 cm³/mol. The molecule has 2 aromatic rings. The van der Waals surface area contributed by atoms with Gasteiger partial charge >= 0.3 is 0 Å². The summed E-state index contributed by atoms with van der Waals surface area (Å²) >= 11 is 0. The highest BCUT2D eigenvalue weighted by molar-refractivity contribution is 5.80. The molecule has 19 heavy (non-hydrogen) atoms. The van der Waals surface area contributed by atoms with Gasteiger partial charge in [0.2, 0.25) is 0 Å². The van der Waals surface area contributed by atoms with Gasteiger partial charge in [-0.1, -0.05) is 0 Å². The molecule has 96 valence electrons. The smallest absolute Gasteiger partial charge is 0.159 e. The molecule has 0 fully saturated rings. The van der Waals surface area contributed by atoms with Crippen LogP contribution in [-0.4, -0.2) is 20.4 Å². The zero-order chi connectivity index (χ0) is 13.3. The van der Waals surface area contributed by atoms with Crippen molar-refractivity contribution < 1.29 is 25.3 Å². The van der Waals surface area contributed by atoms with Crippen LogP contribution in [0.25, 0.3) is 0 Å². The summed E-state index contributed by atoms with van der Waals surface area (Å²) in [5.74, 6) is -0.916. The van der Waals surface area contributed by atoms with Crippen LogP contribution in [0.3, 0.4) is 0 Å². The Morgan fingerprint density at radius 1 is 0.737 bits per heavy atom. The number of benzene rings is 2. The molecule has 2 heterocycles. The molecule has 2 aromatic carbocycles. The first kappa shape index (κ1) is 10.3. The van der Waals surface area contributed by atoms with Crippen molar-refractivity contribution in [2.24, 2.45) is 0 Å². The summed E-state index contributed by atoms with van der Waals surface area (Å²) < 4.78 is 0. The van der Waals surface area contributed by atoms with E-state index in [0.717, 1.165) is 0 Å². The average molecular weight is 259 g/mol. The number of rotatable bonds is 0. The lowest BCUT2D eigenvalue weighted by Crippen LogP contribution is -2.07. The largest absolute Gasteiger partial charge is 0.504 e. The van der Waals surface area contributed by atoms with Crippen LogP contribution >= 0.6 is 0 Å². The van der Waals surface area contributed by atoms with Crippen molar-refractivity contribution in [3.05, 3.63) is 35.4 Å². The lowest BCUT2D eigenvalue weighted by molar-refractivity contribution is 0.127. The maximum Gasteiger partial charge on any atom is 0.159 e. The summed E-state index contributed by atoms with van der Waals surface area (Å²) in [4.78, 5) is 5.62. The standard InChI is InChI=1S/C13H9NO5/c15-9-1-5-7(3-11(9)17)14-8-4-12(18)10(16)2-6(8)13(5)19-14/h1-4,13,15-18H. The van der Waals surface area contributed by atoms with Gasteiger partial charge in [-0.15, -0.1) is 0 Å². The summed E-state index contributed by atoms with van der Waals surface area (Å²) in [6.45, 7) is 0. The molecule has 0 saturated carbocycles. The van der Waals surface area contributed by atoms with Crippen LogP contribution in [-0.2, 0) is 4.84 Å². The van der Waals surface area contributed by atoms with E-state index in [1.165, 1.54) is 29.3 Å². The van der Waals surface area contributed by atoms with Crippen molar-refractivity contribution in [3.8, 4) is 23.0 Å². The lowest BCUT2D eigenvalue weighted by Gasteiger charge is -2.18. The minimum absolute atomic E-state index is 0.222. The van der Waals surface area contributed by atoms with Gasteiger partial charge in [-0.05, 0) is 12.1 Å². The zero-order valence-electron chi connectivity index (χ0n) is 9.53. The number of fused-ring (bicyclic) bond motifs is 8. The van der Waals surface area contributed by atoms with Crippen molar-refractivity contribution in [2.45, 2.75) is 6.10 Å². The van der Waals surface area contributed by atoms with Crippen molar-refractivity contribution in [3.63, 3.8) is 0 Å². The van der Waals surface area contributed by atoms with E-state index >= 15 is 0 Å². The van der Waals surface area contributed by atoms with E-state index in [9.17, 15) is 20.4 Å². The molecule has 0 spiro atoms. The quantitative estimate of drug-likeness (QED) is 0.541. The van der Waals surface area contributed by atoms with E-state index in [4.69, 9.17) is 4.84 Å². The van der Waals surface area contributed by atoms with Gasteiger partial charge < -0.3 is 20.4 Å². The number of anilines is 2. The summed E-state index contributed by atoms with van der Waals surface area (Å²) in [6.07, 6.45) is -0.456. The molecule has 4 N–H and O–H groups in total. The van der Waals surface area contributed by atoms with E-state index in [0.29, 0.717) is 22.5 Å². The minimum atomic E-state index is -0.456. The molecule has 0 radical (unpaired) electrons. The fourth-order valence-electron chi connectivity index (χ4n) is 2.57.